The predicted octanol–water partition coefficient (Wildman–Crippen LogP) is 2.20. The van der Waals surface area contributed by atoms with Crippen molar-refractivity contribution >= 4 is 5.69 Å². The summed E-state index contributed by atoms with van der Waals surface area (Å²) in [5.41, 5.74) is 0.354. The maximum Gasteiger partial charge on any atom is 0.422 e. The molecule has 0 bridgehead atoms. The summed E-state index contributed by atoms with van der Waals surface area (Å²) in [6.45, 7) is -1.56. The lowest BCUT2D eigenvalue weighted by atomic mass is 10.4. The molecule has 7 heteroatoms. The molecule has 0 fully saturated rings. The maximum absolute atomic E-state index is 13.0. The first-order valence-electron chi connectivity index (χ1n) is 3.95. The zero-order valence-corrected chi connectivity index (χ0v) is 7.73. The lowest BCUT2D eigenvalue weighted by Gasteiger charge is -2.09. The van der Waals surface area contributed by atoms with Crippen LogP contribution in [0.3, 0.4) is 0 Å². The summed E-state index contributed by atoms with van der Waals surface area (Å²) in [5, 5.41) is 2.59. The number of hydrogen-bond donors (Lipinski definition) is 1. The van der Waals surface area contributed by atoms with Crippen LogP contribution >= 0.6 is 0 Å². The number of nitrogens with one attached hydrogen (secondary N) is 1. The Hall–Kier alpha value is -1.53. The van der Waals surface area contributed by atoms with Gasteiger partial charge >= 0.3 is 6.18 Å². The van der Waals surface area contributed by atoms with Gasteiger partial charge in [-0.3, -0.25) is 0 Å². The van der Waals surface area contributed by atoms with E-state index in [-0.39, 0.29) is 0 Å². The van der Waals surface area contributed by atoms with Gasteiger partial charge in [-0.25, -0.2) is 9.37 Å². The second-order valence-corrected chi connectivity index (χ2v) is 2.66. The second-order valence-electron chi connectivity index (χ2n) is 2.66. The van der Waals surface area contributed by atoms with Gasteiger partial charge in [0.1, 0.15) is 0 Å². The van der Waals surface area contributed by atoms with Crippen LogP contribution in [0.5, 0.6) is 5.88 Å². The molecule has 0 atom stereocenters. The smallest absolute Gasteiger partial charge is 0.422 e. The number of alkyl halides is 3. The first-order valence-corrected chi connectivity index (χ1v) is 3.95. The molecule has 0 saturated heterocycles. The van der Waals surface area contributed by atoms with E-state index in [1.165, 1.54) is 13.2 Å². The van der Waals surface area contributed by atoms with Crippen molar-refractivity contribution in [2.24, 2.45) is 0 Å². The molecule has 3 nitrogen and oxygen atoms in total. The number of anilines is 1. The monoisotopic (exact) mass is 224 g/mol. The van der Waals surface area contributed by atoms with Crippen LogP contribution < -0.4 is 10.1 Å². The molecule has 0 unspecified atom stereocenters. The number of aromatic nitrogens is 1. The van der Waals surface area contributed by atoms with Gasteiger partial charge in [0.2, 0.25) is 0 Å². The zero-order valence-electron chi connectivity index (χ0n) is 7.73. The SMILES string of the molecule is CNc1cnc(OCC(F)(F)F)c(F)c1. The van der Waals surface area contributed by atoms with E-state index < -0.39 is 24.5 Å². The standard InChI is InChI=1S/C8H8F4N2O/c1-13-5-2-6(9)7(14-3-5)15-4-8(10,11)12/h2-3,13H,4H2,1H3. The van der Waals surface area contributed by atoms with Gasteiger partial charge < -0.3 is 10.1 Å². The minimum Gasteiger partial charge on any atom is -0.466 e. The topological polar surface area (TPSA) is 34.2 Å². The van der Waals surface area contributed by atoms with Crippen LogP contribution in [0.2, 0.25) is 0 Å². The summed E-state index contributed by atoms with van der Waals surface area (Å²) < 4.78 is 52.4. The van der Waals surface area contributed by atoms with Gasteiger partial charge in [0, 0.05) is 13.1 Å². The summed E-state index contributed by atoms with van der Waals surface area (Å²) in [4.78, 5) is 3.39. The maximum atomic E-state index is 13.0. The average Bonchev–Trinajstić information content (AvgIpc) is 2.14. The van der Waals surface area contributed by atoms with Gasteiger partial charge in [-0.05, 0) is 0 Å². The minimum absolute atomic E-state index is 0.354. The van der Waals surface area contributed by atoms with Crippen molar-refractivity contribution in [2.45, 2.75) is 6.18 Å². The van der Waals surface area contributed by atoms with Gasteiger partial charge in [0.25, 0.3) is 5.88 Å². The van der Waals surface area contributed by atoms with E-state index in [2.05, 4.69) is 15.0 Å². The fourth-order valence-corrected chi connectivity index (χ4v) is 0.818. The van der Waals surface area contributed by atoms with Crippen LogP contribution in [0.1, 0.15) is 0 Å². The lowest BCUT2D eigenvalue weighted by molar-refractivity contribution is -0.154. The molecule has 0 aliphatic carbocycles. The van der Waals surface area contributed by atoms with Gasteiger partial charge in [-0.2, -0.15) is 13.2 Å². The summed E-state index contributed by atoms with van der Waals surface area (Å²) in [6.07, 6.45) is -3.33. The van der Waals surface area contributed by atoms with Gasteiger partial charge in [-0.1, -0.05) is 0 Å². The van der Waals surface area contributed by atoms with Gasteiger partial charge in [0.05, 0.1) is 11.9 Å². The third-order valence-corrected chi connectivity index (χ3v) is 1.47. The van der Waals surface area contributed by atoms with Crippen molar-refractivity contribution in [3.05, 3.63) is 18.1 Å². The highest BCUT2D eigenvalue weighted by Gasteiger charge is 2.29. The molecule has 0 aromatic carbocycles. The summed E-state index contributed by atoms with van der Waals surface area (Å²) in [7, 11) is 1.53. The molecule has 0 radical (unpaired) electrons. The highest BCUT2D eigenvalue weighted by atomic mass is 19.4. The molecule has 0 saturated carbocycles. The highest BCUT2D eigenvalue weighted by Crippen LogP contribution is 2.20. The molecule has 0 amide bonds. The van der Waals surface area contributed by atoms with Gasteiger partial charge in [0.15, 0.2) is 12.4 Å². The van der Waals surface area contributed by atoms with Crippen molar-refractivity contribution in [2.75, 3.05) is 19.0 Å². The number of pyridine rings is 1. The Morgan fingerprint density at radius 1 is 1.47 bits per heavy atom. The van der Waals surface area contributed by atoms with E-state index in [4.69, 9.17) is 0 Å². The highest BCUT2D eigenvalue weighted by molar-refractivity contribution is 5.41. The van der Waals surface area contributed by atoms with Crippen LogP contribution in [-0.2, 0) is 0 Å². The number of nitrogens with zero attached hydrogens (tertiary/aromatic N) is 1. The largest absolute Gasteiger partial charge is 0.466 e. The van der Waals surface area contributed by atoms with Crippen LogP contribution in [0.15, 0.2) is 12.3 Å². The Morgan fingerprint density at radius 2 is 2.13 bits per heavy atom. The zero-order chi connectivity index (χ0) is 11.5. The molecule has 1 N–H and O–H groups in total. The van der Waals surface area contributed by atoms with Crippen molar-refractivity contribution in [3.63, 3.8) is 0 Å². The lowest BCUT2D eigenvalue weighted by Crippen LogP contribution is -2.20. The third kappa shape index (κ3) is 3.61. The molecule has 1 heterocycles. The van der Waals surface area contributed by atoms with Crippen LogP contribution in [0, 0.1) is 5.82 Å². The fraction of sp³-hybridized carbons (Fsp3) is 0.375. The first kappa shape index (κ1) is 11.5. The molecule has 0 aliphatic heterocycles. The van der Waals surface area contributed by atoms with Crippen molar-refractivity contribution in [1.82, 2.24) is 4.98 Å². The number of halogens is 4. The molecular weight excluding hydrogens is 216 g/mol. The quantitative estimate of drug-likeness (QED) is 0.799. The predicted molar refractivity (Wildman–Crippen MR) is 45.3 cm³/mol. The van der Waals surface area contributed by atoms with Crippen LogP contribution in [0.4, 0.5) is 23.2 Å². The third-order valence-electron chi connectivity index (χ3n) is 1.47. The summed E-state index contributed by atoms with van der Waals surface area (Å²) in [6, 6.07) is 0.999. The molecule has 1 rings (SSSR count). The van der Waals surface area contributed by atoms with E-state index in [1.807, 2.05) is 0 Å². The normalized spacial score (nSPS) is 11.3. The van der Waals surface area contributed by atoms with Crippen molar-refractivity contribution in [1.29, 1.82) is 0 Å². The van der Waals surface area contributed by atoms with E-state index in [9.17, 15) is 17.6 Å². The Balaban J connectivity index is 2.70. The van der Waals surface area contributed by atoms with E-state index in [1.54, 1.807) is 0 Å². The minimum atomic E-state index is -4.50. The molecule has 0 spiro atoms. The van der Waals surface area contributed by atoms with Crippen LogP contribution in [0.25, 0.3) is 0 Å². The van der Waals surface area contributed by atoms with E-state index in [0.717, 1.165) is 6.07 Å². The van der Waals surface area contributed by atoms with Crippen LogP contribution in [-0.4, -0.2) is 24.8 Å². The summed E-state index contributed by atoms with van der Waals surface area (Å²) >= 11 is 0. The number of hydrogen-bond acceptors (Lipinski definition) is 3. The first-order chi connectivity index (χ1) is 6.92. The Morgan fingerprint density at radius 3 is 2.60 bits per heavy atom. The second kappa shape index (κ2) is 4.33. The Kier molecular flexibility index (Phi) is 3.33. The molecule has 84 valence electrons. The Labute approximate surface area is 83.1 Å². The van der Waals surface area contributed by atoms with E-state index in [0.29, 0.717) is 5.69 Å². The molecule has 15 heavy (non-hydrogen) atoms. The van der Waals surface area contributed by atoms with Crippen molar-refractivity contribution < 1.29 is 22.3 Å². The molecule has 1 aromatic heterocycles. The van der Waals surface area contributed by atoms with Crippen molar-refractivity contribution in [3.8, 4) is 5.88 Å². The van der Waals surface area contributed by atoms with E-state index >= 15 is 0 Å². The Bertz CT molecular complexity index is 340. The number of rotatable bonds is 3. The molecule has 0 aliphatic rings. The number of ether oxygens (including phenoxy) is 1. The molecular formula is C8H8F4N2O. The average molecular weight is 224 g/mol. The summed E-state index contributed by atoms with van der Waals surface area (Å²) in [5.74, 6) is -1.60. The fourth-order valence-electron chi connectivity index (χ4n) is 0.818. The van der Waals surface area contributed by atoms with Gasteiger partial charge in [-0.15, -0.1) is 0 Å². The molecule has 1 aromatic rings.